The Hall–Kier alpha value is -1.03. The number of rotatable bonds is 1. The molecule has 5 heteroatoms. The van der Waals surface area contributed by atoms with E-state index in [1.54, 1.807) is 20.3 Å². The van der Waals surface area contributed by atoms with E-state index >= 15 is 0 Å². The molecule has 0 atom stereocenters. The zero-order chi connectivity index (χ0) is 8.43. The summed E-state index contributed by atoms with van der Waals surface area (Å²) in [6.45, 7) is 0. The quantitative estimate of drug-likeness (QED) is 0.670. The highest BCUT2D eigenvalue weighted by molar-refractivity contribution is 6.32. The van der Waals surface area contributed by atoms with Crippen LogP contribution in [0, 0.1) is 0 Å². The maximum atomic E-state index is 11.0. The normalized spacial score (nSPS) is 9.73. The lowest BCUT2D eigenvalue weighted by molar-refractivity contribution is 0.0963. The Balaban J connectivity index is 3.03. The molecule has 1 aromatic rings. The minimum atomic E-state index is -0.219. The van der Waals surface area contributed by atoms with E-state index in [0.29, 0.717) is 5.56 Å². The SMILES string of the molecule is CNC(=O)c1cn(C)nc1Cl. The first kappa shape index (κ1) is 8.07. The third kappa shape index (κ3) is 1.51. The predicted octanol–water partition coefficient (Wildman–Crippen LogP) is 0.433. The fraction of sp³-hybridized carbons (Fsp3) is 0.333. The molecule has 4 nitrogen and oxygen atoms in total. The molecule has 0 aliphatic heterocycles. The van der Waals surface area contributed by atoms with Crippen molar-refractivity contribution in [2.45, 2.75) is 0 Å². The summed E-state index contributed by atoms with van der Waals surface area (Å²) < 4.78 is 1.49. The van der Waals surface area contributed by atoms with Crippen LogP contribution in [0.15, 0.2) is 6.20 Å². The predicted molar refractivity (Wildman–Crippen MR) is 41.6 cm³/mol. The molecule has 1 rings (SSSR count). The van der Waals surface area contributed by atoms with Crippen LogP contribution in [-0.2, 0) is 7.05 Å². The molecule has 0 aromatic carbocycles. The minimum Gasteiger partial charge on any atom is -0.355 e. The lowest BCUT2D eigenvalue weighted by atomic mass is 10.3. The van der Waals surface area contributed by atoms with Gasteiger partial charge in [-0.2, -0.15) is 5.10 Å². The van der Waals surface area contributed by atoms with Crippen LogP contribution in [0.3, 0.4) is 0 Å². The summed E-state index contributed by atoms with van der Waals surface area (Å²) >= 11 is 5.63. The number of aromatic nitrogens is 2. The summed E-state index contributed by atoms with van der Waals surface area (Å²) in [5.74, 6) is -0.219. The Kier molecular flexibility index (Phi) is 2.14. The summed E-state index contributed by atoms with van der Waals surface area (Å²) in [5, 5.41) is 6.49. The smallest absolute Gasteiger partial charge is 0.255 e. The van der Waals surface area contributed by atoms with E-state index in [1.165, 1.54) is 4.68 Å². The first-order valence-corrected chi connectivity index (χ1v) is 3.44. The first-order chi connectivity index (χ1) is 5.15. The van der Waals surface area contributed by atoms with Crippen molar-refractivity contribution in [2.24, 2.45) is 7.05 Å². The molecular weight excluding hydrogens is 166 g/mol. The van der Waals surface area contributed by atoms with Crippen LogP contribution in [-0.4, -0.2) is 22.7 Å². The summed E-state index contributed by atoms with van der Waals surface area (Å²) in [6, 6.07) is 0. The topological polar surface area (TPSA) is 46.9 Å². The van der Waals surface area contributed by atoms with E-state index < -0.39 is 0 Å². The molecule has 0 aliphatic rings. The van der Waals surface area contributed by atoms with Gasteiger partial charge in [0.15, 0.2) is 5.15 Å². The Labute approximate surface area is 69.1 Å². The number of nitrogens with one attached hydrogen (secondary N) is 1. The zero-order valence-electron chi connectivity index (χ0n) is 6.26. The lowest BCUT2D eigenvalue weighted by Gasteiger charge is -1.92. The fourth-order valence-corrected chi connectivity index (χ4v) is 1.00. The third-order valence-electron chi connectivity index (χ3n) is 1.26. The van der Waals surface area contributed by atoms with Gasteiger partial charge in [0.05, 0.1) is 5.56 Å². The van der Waals surface area contributed by atoms with Gasteiger partial charge in [0.25, 0.3) is 5.91 Å². The van der Waals surface area contributed by atoms with Crippen molar-refractivity contribution in [3.63, 3.8) is 0 Å². The number of nitrogens with zero attached hydrogens (tertiary/aromatic N) is 2. The second-order valence-corrected chi connectivity index (χ2v) is 2.44. The molecule has 1 amide bonds. The monoisotopic (exact) mass is 173 g/mol. The van der Waals surface area contributed by atoms with Gasteiger partial charge in [0.1, 0.15) is 0 Å². The number of hydrogen-bond acceptors (Lipinski definition) is 2. The summed E-state index contributed by atoms with van der Waals surface area (Å²) in [4.78, 5) is 11.0. The van der Waals surface area contributed by atoms with Crippen molar-refractivity contribution >= 4 is 17.5 Å². The molecular formula is C6H8ClN3O. The zero-order valence-corrected chi connectivity index (χ0v) is 7.01. The highest BCUT2D eigenvalue weighted by Gasteiger charge is 2.11. The van der Waals surface area contributed by atoms with Crippen molar-refractivity contribution in [3.05, 3.63) is 16.9 Å². The lowest BCUT2D eigenvalue weighted by Crippen LogP contribution is -2.17. The number of hydrogen-bond donors (Lipinski definition) is 1. The number of amides is 1. The van der Waals surface area contributed by atoms with Gasteiger partial charge >= 0.3 is 0 Å². The Morgan fingerprint density at radius 2 is 2.45 bits per heavy atom. The largest absolute Gasteiger partial charge is 0.355 e. The van der Waals surface area contributed by atoms with Gasteiger partial charge in [-0.15, -0.1) is 0 Å². The van der Waals surface area contributed by atoms with Gasteiger partial charge in [-0.05, 0) is 0 Å². The van der Waals surface area contributed by atoms with Crippen LogP contribution < -0.4 is 5.32 Å². The molecule has 0 saturated carbocycles. The van der Waals surface area contributed by atoms with Crippen molar-refractivity contribution < 1.29 is 4.79 Å². The van der Waals surface area contributed by atoms with E-state index in [2.05, 4.69) is 10.4 Å². The number of carbonyl (C=O) groups is 1. The molecule has 0 aliphatic carbocycles. The van der Waals surface area contributed by atoms with E-state index in [1.807, 2.05) is 0 Å². The molecule has 0 saturated heterocycles. The average Bonchev–Trinajstić information content (AvgIpc) is 2.28. The Morgan fingerprint density at radius 1 is 1.82 bits per heavy atom. The molecule has 0 spiro atoms. The highest BCUT2D eigenvalue weighted by atomic mass is 35.5. The summed E-state index contributed by atoms with van der Waals surface area (Å²) in [6.07, 6.45) is 1.57. The molecule has 11 heavy (non-hydrogen) atoms. The Morgan fingerprint density at radius 3 is 2.82 bits per heavy atom. The van der Waals surface area contributed by atoms with Gasteiger partial charge in [-0.3, -0.25) is 9.48 Å². The maximum absolute atomic E-state index is 11.0. The van der Waals surface area contributed by atoms with Gasteiger partial charge in [-0.25, -0.2) is 0 Å². The van der Waals surface area contributed by atoms with Crippen molar-refractivity contribution in [3.8, 4) is 0 Å². The average molecular weight is 174 g/mol. The Bertz CT molecular complexity index is 281. The minimum absolute atomic E-state index is 0.219. The van der Waals surface area contributed by atoms with Crippen LogP contribution in [0.1, 0.15) is 10.4 Å². The van der Waals surface area contributed by atoms with Crippen molar-refractivity contribution in [2.75, 3.05) is 7.05 Å². The first-order valence-electron chi connectivity index (χ1n) is 3.06. The van der Waals surface area contributed by atoms with Crippen LogP contribution in [0.2, 0.25) is 5.15 Å². The van der Waals surface area contributed by atoms with Gasteiger partial charge in [0, 0.05) is 20.3 Å². The van der Waals surface area contributed by atoms with Crippen LogP contribution in [0.4, 0.5) is 0 Å². The van der Waals surface area contributed by atoms with E-state index in [9.17, 15) is 4.79 Å². The fourth-order valence-electron chi connectivity index (χ4n) is 0.748. The van der Waals surface area contributed by atoms with E-state index in [-0.39, 0.29) is 11.1 Å². The van der Waals surface area contributed by atoms with Gasteiger partial charge in [-0.1, -0.05) is 11.6 Å². The van der Waals surface area contributed by atoms with Crippen LogP contribution in [0.25, 0.3) is 0 Å². The van der Waals surface area contributed by atoms with Gasteiger partial charge in [0.2, 0.25) is 0 Å². The number of aryl methyl sites for hydroxylation is 1. The molecule has 0 fully saturated rings. The van der Waals surface area contributed by atoms with E-state index in [4.69, 9.17) is 11.6 Å². The van der Waals surface area contributed by atoms with E-state index in [0.717, 1.165) is 0 Å². The second kappa shape index (κ2) is 2.92. The van der Waals surface area contributed by atoms with Crippen LogP contribution in [0.5, 0.6) is 0 Å². The van der Waals surface area contributed by atoms with Crippen molar-refractivity contribution in [1.29, 1.82) is 0 Å². The third-order valence-corrected chi connectivity index (χ3v) is 1.53. The maximum Gasteiger partial charge on any atom is 0.255 e. The van der Waals surface area contributed by atoms with Crippen LogP contribution >= 0.6 is 11.6 Å². The second-order valence-electron chi connectivity index (χ2n) is 2.09. The highest BCUT2D eigenvalue weighted by Crippen LogP contribution is 2.11. The molecule has 1 N–H and O–H groups in total. The number of halogens is 1. The number of carbonyl (C=O) groups excluding carboxylic acids is 1. The molecule has 0 unspecified atom stereocenters. The molecule has 1 heterocycles. The molecule has 60 valence electrons. The summed E-state index contributed by atoms with van der Waals surface area (Å²) in [5.41, 5.74) is 0.400. The van der Waals surface area contributed by atoms with Crippen molar-refractivity contribution in [1.82, 2.24) is 15.1 Å². The standard InChI is InChI=1S/C6H8ClN3O/c1-8-6(11)4-3-10(2)9-5(4)7/h3H,1-2H3,(H,8,11). The molecule has 0 bridgehead atoms. The molecule has 0 radical (unpaired) electrons. The molecule has 1 aromatic heterocycles. The van der Waals surface area contributed by atoms with Gasteiger partial charge < -0.3 is 5.32 Å². The summed E-state index contributed by atoms with van der Waals surface area (Å²) in [7, 11) is 3.25.